The van der Waals surface area contributed by atoms with Crippen LogP contribution >= 0.6 is 0 Å². The summed E-state index contributed by atoms with van der Waals surface area (Å²) < 4.78 is 16.0. The summed E-state index contributed by atoms with van der Waals surface area (Å²) in [6, 6.07) is 77.6. The average Bonchev–Trinajstić information content (AvgIpc) is 4.05. The summed E-state index contributed by atoms with van der Waals surface area (Å²) in [5, 5.41) is 18.1. The van der Waals surface area contributed by atoms with Crippen molar-refractivity contribution in [1.29, 1.82) is 0 Å². The Morgan fingerprint density at radius 3 is 1.63 bits per heavy atom. The van der Waals surface area contributed by atoms with E-state index in [0.29, 0.717) is 0 Å². The highest BCUT2D eigenvalue weighted by Crippen LogP contribution is 2.47. The van der Waals surface area contributed by atoms with E-state index in [0.717, 1.165) is 122 Å². The molecule has 306 valence electrons. The Labute approximate surface area is 373 Å². The quantitative estimate of drug-likeness (QED) is 0.174. The van der Waals surface area contributed by atoms with Gasteiger partial charge < -0.3 is 23.4 Å². The fourth-order valence-corrected chi connectivity index (χ4v) is 9.93. The summed E-state index contributed by atoms with van der Waals surface area (Å²) in [5.41, 5.74) is 15.1. The summed E-state index contributed by atoms with van der Waals surface area (Å²) >= 11 is 0. The topological polar surface area (TPSA) is 54.7 Å². The molecule has 5 nitrogen and oxygen atoms in total. The van der Waals surface area contributed by atoms with Crippen LogP contribution in [-0.2, 0) is 0 Å². The van der Waals surface area contributed by atoms with Gasteiger partial charge in [0.15, 0.2) is 5.58 Å². The lowest BCUT2D eigenvalue weighted by atomic mass is 9.97. The predicted molar refractivity (Wildman–Crippen MR) is 268 cm³/mol. The van der Waals surface area contributed by atoms with E-state index in [9.17, 15) is 5.11 Å². The highest BCUT2D eigenvalue weighted by atomic mass is 16.3. The molecule has 0 aliphatic rings. The van der Waals surface area contributed by atoms with Crippen LogP contribution in [0.1, 0.15) is 0 Å². The van der Waals surface area contributed by atoms with Crippen LogP contribution in [0.4, 0.5) is 17.1 Å². The van der Waals surface area contributed by atoms with Gasteiger partial charge in [-0.15, -0.1) is 0 Å². The Morgan fingerprint density at radius 1 is 0.354 bits per heavy atom. The van der Waals surface area contributed by atoms with Gasteiger partial charge >= 0.3 is 0 Å². The summed E-state index contributed by atoms with van der Waals surface area (Å²) in [6.45, 7) is 0. The van der Waals surface area contributed by atoms with Crippen molar-refractivity contribution in [3.8, 4) is 44.8 Å². The standard InChI is InChI=1S/C60H38N2O3/c63-57-44(38-14-3-1-4-15-38)20-11-21-45(57)39-28-32-42(33-29-39)61(43-34-30-40(31-35-43)46-22-12-23-48-47-18-8-10-27-55(47)64-58(46)48)54-26-13-24-49-50-36-37-53-56(60(50)65-59(49)54)51-19-7-9-25-52(51)62(53)41-16-5-2-6-17-41/h1-37,63H. The average molecular weight is 835 g/mol. The molecule has 65 heavy (non-hydrogen) atoms. The zero-order valence-electron chi connectivity index (χ0n) is 35.0. The van der Waals surface area contributed by atoms with Crippen LogP contribution < -0.4 is 4.90 Å². The minimum atomic E-state index is 0.255. The maximum atomic E-state index is 11.6. The Balaban J connectivity index is 0.991. The Morgan fingerprint density at radius 2 is 0.892 bits per heavy atom. The Kier molecular flexibility index (Phi) is 8.30. The molecule has 13 aromatic rings. The van der Waals surface area contributed by atoms with Gasteiger partial charge in [0.1, 0.15) is 22.5 Å². The van der Waals surface area contributed by atoms with Crippen molar-refractivity contribution in [2.45, 2.75) is 0 Å². The van der Waals surface area contributed by atoms with E-state index in [1.165, 1.54) is 0 Å². The maximum Gasteiger partial charge on any atom is 0.159 e. The number of aromatic hydroxyl groups is 1. The monoisotopic (exact) mass is 834 g/mol. The van der Waals surface area contributed by atoms with Gasteiger partial charge in [-0.3, -0.25) is 0 Å². The Bertz CT molecular complexity index is 3940. The number of para-hydroxylation sites is 6. The molecular formula is C60H38N2O3. The molecule has 3 aromatic heterocycles. The van der Waals surface area contributed by atoms with Gasteiger partial charge in [-0.25, -0.2) is 0 Å². The zero-order chi connectivity index (χ0) is 43.0. The van der Waals surface area contributed by atoms with Crippen molar-refractivity contribution >= 4 is 82.7 Å². The van der Waals surface area contributed by atoms with Gasteiger partial charge in [0.25, 0.3) is 0 Å². The summed E-state index contributed by atoms with van der Waals surface area (Å²) in [4.78, 5) is 2.27. The first-order valence-electron chi connectivity index (χ1n) is 21.9. The number of benzene rings is 10. The summed E-state index contributed by atoms with van der Waals surface area (Å²) in [7, 11) is 0. The van der Waals surface area contributed by atoms with Crippen molar-refractivity contribution in [3.63, 3.8) is 0 Å². The fourth-order valence-electron chi connectivity index (χ4n) is 9.93. The number of furan rings is 2. The number of hydrogen-bond donors (Lipinski definition) is 1. The molecule has 0 aliphatic carbocycles. The van der Waals surface area contributed by atoms with Crippen LogP contribution in [0.3, 0.4) is 0 Å². The van der Waals surface area contributed by atoms with Gasteiger partial charge in [0.05, 0.1) is 22.1 Å². The second-order valence-electron chi connectivity index (χ2n) is 16.6. The van der Waals surface area contributed by atoms with E-state index >= 15 is 0 Å². The molecular weight excluding hydrogens is 797 g/mol. The van der Waals surface area contributed by atoms with E-state index in [2.05, 4.69) is 173 Å². The number of phenols is 1. The number of phenolic OH excluding ortho intramolecular Hbond substituents is 1. The largest absolute Gasteiger partial charge is 0.507 e. The molecule has 0 saturated heterocycles. The molecule has 1 N–H and O–H groups in total. The summed E-state index contributed by atoms with van der Waals surface area (Å²) in [6.07, 6.45) is 0. The number of anilines is 3. The lowest BCUT2D eigenvalue weighted by Crippen LogP contribution is -2.10. The number of fused-ring (bicyclic) bond motifs is 10. The van der Waals surface area contributed by atoms with Crippen molar-refractivity contribution in [3.05, 3.63) is 224 Å². The molecule has 10 aromatic carbocycles. The predicted octanol–water partition coefficient (Wildman–Crippen LogP) is 16.8. The number of nitrogens with zero attached hydrogens (tertiary/aromatic N) is 2. The van der Waals surface area contributed by atoms with Crippen molar-refractivity contribution in [2.24, 2.45) is 0 Å². The first-order valence-corrected chi connectivity index (χ1v) is 21.9. The van der Waals surface area contributed by atoms with Crippen LogP contribution in [-0.4, -0.2) is 9.67 Å². The second-order valence-corrected chi connectivity index (χ2v) is 16.6. The van der Waals surface area contributed by atoms with Crippen molar-refractivity contribution in [1.82, 2.24) is 4.57 Å². The highest BCUT2D eigenvalue weighted by Gasteiger charge is 2.24. The van der Waals surface area contributed by atoms with Crippen LogP contribution in [0.25, 0.3) is 105 Å². The molecule has 0 saturated carbocycles. The molecule has 0 atom stereocenters. The van der Waals surface area contributed by atoms with E-state index < -0.39 is 0 Å². The van der Waals surface area contributed by atoms with Gasteiger partial charge in [-0.2, -0.15) is 0 Å². The molecule has 0 radical (unpaired) electrons. The van der Waals surface area contributed by atoms with Crippen LogP contribution in [0.2, 0.25) is 0 Å². The minimum absolute atomic E-state index is 0.255. The molecule has 13 rings (SSSR count). The number of hydrogen-bond acceptors (Lipinski definition) is 4. The normalized spacial score (nSPS) is 11.8. The SMILES string of the molecule is Oc1c(-c2ccccc2)cccc1-c1ccc(N(c2ccc(-c3cccc4c3oc3ccccc34)cc2)c2cccc3c2oc2c3ccc3c2c2ccccc2n3-c2ccccc2)cc1. The first-order chi connectivity index (χ1) is 32.2. The summed E-state index contributed by atoms with van der Waals surface area (Å²) in [5.74, 6) is 0.255. The molecule has 0 amide bonds. The van der Waals surface area contributed by atoms with Gasteiger partial charge in [-0.1, -0.05) is 158 Å². The van der Waals surface area contributed by atoms with Crippen molar-refractivity contribution < 1.29 is 13.9 Å². The van der Waals surface area contributed by atoms with Crippen LogP contribution in [0.15, 0.2) is 233 Å². The molecule has 0 spiro atoms. The third-order valence-electron chi connectivity index (χ3n) is 12.9. The molecule has 0 bridgehead atoms. The third kappa shape index (κ3) is 5.79. The van der Waals surface area contributed by atoms with E-state index in [1.807, 2.05) is 60.7 Å². The van der Waals surface area contributed by atoms with Gasteiger partial charge in [0.2, 0.25) is 0 Å². The molecule has 0 unspecified atom stereocenters. The highest BCUT2D eigenvalue weighted by molar-refractivity contribution is 6.25. The number of aromatic nitrogens is 1. The molecule has 3 heterocycles. The first kappa shape index (κ1) is 36.8. The van der Waals surface area contributed by atoms with E-state index in [1.54, 1.807) is 0 Å². The minimum Gasteiger partial charge on any atom is -0.507 e. The second kappa shape index (κ2) is 14.7. The lowest BCUT2D eigenvalue weighted by molar-refractivity contribution is 0.479. The molecule has 5 heteroatoms. The van der Waals surface area contributed by atoms with Crippen molar-refractivity contribution in [2.75, 3.05) is 4.90 Å². The van der Waals surface area contributed by atoms with Gasteiger partial charge in [0, 0.05) is 60.7 Å². The van der Waals surface area contributed by atoms with Crippen LogP contribution in [0, 0.1) is 0 Å². The van der Waals surface area contributed by atoms with Gasteiger partial charge in [-0.05, 0) is 83.4 Å². The molecule has 0 aliphatic heterocycles. The van der Waals surface area contributed by atoms with Crippen LogP contribution in [0.5, 0.6) is 5.75 Å². The Hall–Kier alpha value is -8.80. The smallest absolute Gasteiger partial charge is 0.159 e. The van der Waals surface area contributed by atoms with E-state index in [-0.39, 0.29) is 5.75 Å². The lowest BCUT2D eigenvalue weighted by Gasteiger charge is -2.26. The zero-order valence-corrected chi connectivity index (χ0v) is 35.0. The molecule has 0 fully saturated rings. The number of rotatable bonds is 7. The third-order valence-corrected chi connectivity index (χ3v) is 12.9. The maximum absolute atomic E-state index is 11.6. The fraction of sp³-hybridized carbons (Fsp3) is 0. The van der Waals surface area contributed by atoms with E-state index in [4.69, 9.17) is 8.83 Å².